The molecule has 0 aromatic heterocycles. The summed E-state index contributed by atoms with van der Waals surface area (Å²) in [5, 5.41) is 0. The first-order valence-corrected chi connectivity index (χ1v) is 7.11. The van der Waals surface area contributed by atoms with Crippen molar-refractivity contribution in [2.24, 2.45) is 5.73 Å². The molecule has 0 saturated carbocycles. The monoisotopic (exact) mass is 310 g/mol. The fourth-order valence-corrected chi connectivity index (χ4v) is 1.99. The molecule has 0 fully saturated rings. The molecule has 1 aromatic carbocycles. The Bertz CT molecular complexity index is 506. The highest BCUT2D eigenvalue weighted by atomic mass is 32.1. The lowest BCUT2D eigenvalue weighted by molar-refractivity contribution is 0.0701. The maximum absolute atomic E-state index is 12.6. The zero-order valence-corrected chi connectivity index (χ0v) is 13.5. The van der Waals surface area contributed by atoms with E-state index in [-0.39, 0.29) is 5.91 Å². The molecule has 116 valence electrons. The minimum absolute atomic E-state index is 0.0819. The standard InChI is InChI=1S/C15H22N2O3S/c1-11-4-5-12(10-13(11)20-3)15(18)17(8-9-19-2)7-6-14(16)21/h4-5,10H,6-9H2,1-3H3,(H2,16,21). The van der Waals surface area contributed by atoms with Gasteiger partial charge in [0.05, 0.1) is 18.7 Å². The van der Waals surface area contributed by atoms with Gasteiger partial charge in [0.25, 0.3) is 5.91 Å². The van der Waals surface area contributed by atoms with Gasteiger partial charge < -0.3 is 20.1 Å². The molecule has 0 bridgehead atoms. The molecule has 5 nitrogen and oxygen atoms in total. The van der Waals surface area contributed by atoms with Crippen LogP contribution in [0, 0.1) is 6.92 Å². The third kappa shape index (κ3) is 5.32. The Kier molecular flexibility index (Phi) is 7.11. The summed E-state index contributed by atoms with van der Waals surface area (Å²) >= 11 is 4.87. The molecule has 1 aromatic rings. The number of rotatable bonds is 8. The van der Waals surface area contributed by atoms with Crippen LogP contribution in [-0.4, -0.2) is 49.7 Å². The van der Waals surface area contributed by atoms with Crippen molar-refractivity contribution in [2.75, 3.05) is 33.9 Å². The van der Waals surface area contributed by atoms with Gasteiger partial charge in [0, 0.05) is 32.2 Å². The fraction of sp³-hybridized carbons (Fsp3) is 0.467. The highest BCUT2D eigenvalue weighted by Gasteiger charge is 2.17. The number of methoxy groups -OCH3 is 2. The van der Waals surface area contributed by atoms with Crippen molar-refractivity contribution in [3.63, 3.8) is 0 Å². The Labute approximate surface area is 131 Å². The summed E-state index contributed by atoms with van der Waals surface area (Å²) in [7, 11) is 3.19. The highest BCUT2D eigenvalue weighted by molar-refractivity contribution is 7.80. The van der Waals surface area contributed by atoms with E-state index in [1.807, 2.05) is 13.0 Å². The van der Waals surface area contributed by atoms with Crippen molar-refractivity contribution in [1.29, 1.82) is 0 Å². The Morgan fingerprint density at radius 1 is 1.33 bits per heavy atom. The van der Waals surface area contributed by atoms with E-state index in [9.17, 15) is 4.79 Å². The minimum Gasteiger partial charge on any atom is -0.496 e. The molecule has 0 spiro atoms. The van der Waals surface area contributed by atoms with Crippen molar-refractivity contribution >= 4 is 23.1 Å². The van der Waals surface area contributed by atoms with Gasteiger partial charge in [-0.1, -0.05) is 18.3 Å². The molecule has 0 atom stereocenters. The third-order valence-electron chi connectivity index (χ3n) is 3.14. The van der Waals surface area contributed by atoms with Gasteiger partial charge in [0.2, 0.25) is 0 Å². The summed E-state index contributed by atoms with van der Waals surface area (Å²) in [6, 6.07) is 5.41. The van der Waals surface area contributed by atoms with E-state index in [2.05, 4.69) is 0 Å². The van der Waals surface area contributed by atoms with E-state index in [4.69, 9.17) is 27.4 Å². The number of nitrogens with two attached hydrogens (primary N) is 1. The number of amides is 1. The summed E-state index contributed by atoms with van der Waals surface area (Å²) < 4.78 is 10.3. The van der Waals surface area contributed by atoms with Crippen LogP contribution in [-0.2, 0) is 4.74 Å². The van der Waals surface area contributed by atoms with E-state index in [1.165, 1.54) is 0 Å². The molecule has 6 heteroatoms. The van der Waals surface area contributed by atoms with Gasteiger partial charge in [0.1, 0.15) is 5.75 Å². The second-order valence-corrected chi connectivity index (χ2v) is 5.21. The lowest BCUT2D eigenvalue weighted by Gasteiger charge is -2.22. The van der Waals surface area contributed by atoms with E-state index >= 15 is 0 Å². The topological polar surface area (TPSA) is 64.8 Å². The molecule has 0 heterocycles. The van der Waals surface area contributed by atoms with Crippen LogP contribution < -0.4 is 10.5 Å². The third-order valence-corrected chi connectivity index (χ3v) is 3.34. The molecule has 1 rings (SSSR count). The molecule has 0 unspecified atom stereocenters. The lowest BCUT2D eigenvalue weighted by atomic mass is 10.1. The second-order valence-electron chi connectivity index (χ2n) is 4.69. The van der Waals surface area contributed by atoms with Crippen LogP contribution in [0.25, 0.3) is 0 Å². The molecule has 21 heavy (non-hydrogen) atoms. The summed E-state index contributed by atoms with van der Waals surface area (Å²) in [4.78, 5) is 14.7. The SMILES string of the molecule is COCCN(CCC(N)=S)C(=O)c1ccc(C)c(OC)c1. The Balaban J connectivity index is 2.89. The summed E-state index contributed by atoms with van der Waals surface area (Å²) in [6.07, 6.45) is 0.494. The van der Waals surface area contributed by atoms with E-state index in [1.54, 1.807) is 31.3 Å². The predicted molar refractivity (Wildman–Crippen MR) is 86.9 cm³/mol. The molecule has 0 radical (unpaired) electrons. The van der Waals surface area contributed by atoms with Crippen LogP contribution in [0.4, 0.5) is 0 Å². The molecule has 0 saturated heterocycles. The quantitative estimate of drug-likeness (QED) is 0.741. The van der Waals surface area contributed by atoms with Crippen molar-refractivity contribution in [3.05, 3.63) is 29.3 Å². The number of benzene rings is 1. The Hall–Kier alpha value is -1.66. The Morgan fingerprint density at radius 2 is 2.05 bits per heavy atom. The number of aryl methyl sites for hydroxylation is 1. The average Bonchev–Trinajstić information content (AvgIpc) is 2.47. The molecule has 0 aliphatic rings. The van der Waals surface area contributed by atoms with Gasteiger partial charge in [-0.2, -0.15) is 0 Å². The molecule has 1 amide bonds. The summed E-state index contributed by atoms with van der Waals surface area (Å²) in [6.45, 7) is 3.37. The van der Waals surface area contributed by atoms with Crippen LogP contribution in [0.2, 0.25) is 0 Å². The highest BCUT2D eigenvalue weighted by Crippen LogP contribution is 2.20. The van der Waals surface area contributed by atoms with Gasteiger partial charge in [0.15, 0.2) is 0 Å². The maximum Gasteiger partial charge on any atom is 0.254 e. The number of carbonyl (C=O) groups is 1. The predicted octanol–water partition coefficient (Wildman–Crippen LogP) is 1.77. The van der Waals surface area contributed by atoms with Gasteiger partial charge in [-0.15, -0.1) is 0 Å². The van der Waals surface area contributed by atoms with Crippen LogP contribution in [0.5, 0.6) is 5.75 Å². The number of ether oxygens (including phenoxy) is 2. The minimum atomic E-state index is -0.0819. The number of carbonyl (C=O) groups excluding carboxylic acids is 1. The first kappa shape index (κ1) is 17.4. The molecular formula is C15H22N2O3S. The van der Waals surface area contributed by atoms with Gasteiger partial charge in [-0.25, -0.2) is 0 Å². The number of hydrogen-bond acceptors (Lipinski definition) is 4. The van der Waals surface area contributed by atoms with Crippen LogP contribution in [0.1, 0.15) is 22.3 Å². The molecular weight excluding hydrogens is 288 g/mol. The van der Waals surface area contributed by atoms with Crippen molar-refractivity contribution in [2.45, 2.75) is 13.3 Å². The first-order chi connectivity index (χ1) is 9.99. The Morgan fingerprint density at radius 3 is 2.62 bits per heavy atom. The number of thiocarbonyl (C=S) groups is 1. The molecule has 0 aliphatic heterocycles. The van der Waals surface area contributed by atoms with Gasteiger partial charge in [-0.3, -0.25) is 4.79 Å². The maximum atomic E-state index is 12.6. The van der Waals surface area contributed by atoms with E-state index in [0.717, 1.165) is 5.56 Å². The van der Waals surface area contributed by atoms with E-state index in [0.29, 0.717) is 42.4 Å². The molecule has 0 aliphatic carbocycles. The largest absolute Gasteiger partial charge is 0.496 e. The lowest BCUT2D eigenvalue weighted by Crippen LogP contribution is -2.36. The van der Waals surface area contributed by atoms with Crippen molar-refractivity contribution < 1.29 is 14.3 Å². The fourth-order valence-electron chi connectivity index (χ4n) is 1.90. The van der Waals surface area contributed by atoms with Crippen molar-refractivity contribution in [1.82, 2.24) is 4.90 Å². The zero-order valence-electron chi connectivity index (χ0n) is 12.7. The van der Waals surface area contributed by atoms with Crippen LogP contribution in [0.15, 0.2) is 18.2 Å². The molecule has 2 N–H and O–H groups in total. The van der Waals surface area contributed by atoms with Crippen molar-refractivity contribution in [3.8, 4) is 5.75 Å². The van der Waals surface area contributed by atoms with Crippen LogP contribution in [0.3, 0.4) is 0 Å². The van der Waals surface area contributed by atoms with Crippen LogP contribution >= 0.6 is 12.2 Å². The van der Waals surface area contributed by atoms with Gasteiger partial charge >= 0.3 is 0 Å². The number of nitrogens with zero attached hydrogens (tertiary/aromatic N) is 1. The normalized spacial score (nSPS) is 10.2. The second kappa shape index (κ2) is 8.59. The van der Waals surface area contributed by atoms with Gasteiger partial charge in [-0.05, 0) is 24.6 Å². The zero-order chi connectivity index (χ0) is 15.8. The summed E-state index contributed by atoms with van der Waals surface area (Å²) in [5.74, 6) is 0.614. The summed E-state index contributed by atoms with van der Waals surface area (Å²) in [5.41, 5.74) is 7.08. The number of hydrogen-bond donors (Lipinski definition) is 1. The van der Waals surface area contributed by atoms with E-state index < -0.39 is 0 Å². The smallest absolute Gasteiger partial charge is 0.254 e. The average molecular weight is 310 g/mol. The first-order valence-electron chi connectivity index (χ1n) is 6.70.